The quantitative estimate of drug-likeness (QED) is 0.746. The lowest BCUT2D eigenvalue weighted by Crippen LogP contribution is -2.41. The van der Waals surface area contributed by atoms with Crippen LogP contribution in [0.2, 0.25) is 0 Å². The normalized spacial score (nSPS) is 19.6. The molecule has 1 fully saturated rings. The molecule has 0 spiro atoms. The first-order valence-electron chi connectivity index (χ1n) is 5.46. The average molecular weight is 224 g/mol. The molecule has 0 aromatic rings. The fourth-order valence-corrected chi connectivity index (χ4v) is 1.62. The molecular formula is C10H19F3N2. The van der Waals surface area contributed by atoms with Crippen LogP contribution in [-0.4, -0.2) is 37.3 Å². The maximum atomic E-state index is 12.5. The van der Waals surface area contributed by atoms with E-state index < -0.39 is 12.1 Å². The minimum atomic E-state index is -4.16. The van der Waals surface area contributed by atoms with Crippen LogP contribution in [-0.2, 0) is 0 Å². The zero-order valence-electron chi connectivity index (χ0n) is 9.06. The van der Waals surface area contributed by atoms with Crippen LogP contribution in [0, 0.1) is 11.8 Å². The summed E-state index contributed by atoms with van der Waals surface area (Å²) in [5.41, 5.74) is 5.16. The maximum absolute atomic E-state index is 12.5. The van der Waals surface area contributed by atoms with E-state index in [1.807, 2.05) is 11.8 Å². The number of alkyl halides is 3. The summed E-state index contributed by atoms with van der Waals surface area (Å²) in [6.07, 6.45) is -1.84. The highest BCUT2D eigenvalue weighted by Crippen LogP contribution is 2.31. The second kappa shape index (κ2) is 5.16. The van der Waals surface area contributed by atoms with Crippen LogP contribution >= 0.6 is 0 Å². The summed E-state index contributed by atoms with van der Waals surface area (Å²) in [6, 6.07) is 0. The van der Waals surface area contributed by atoms with Crippen molar-refractivity contribution in [1.82, 2.24) is 4.90 Å². The molecular weight excluding hydrogens is 205 g/mol. The molecule has 5 heteroatoms. The van der Waals surface area contributed by atoms with E-state index >= 15 is 0 Å². The van der Waals surface area contributed by atoms with Crippen molar-refractivity contribution in [2.24, 2.45) is 17.6 Å². The molecule has 2 nitrogen and oxygen atoms in total. The van der Waals surface area contributed by atoms with Crippen molar-refractivity contribution in [2.75, 3.05) is 26.2 Å². The largest absolute Gasteiger partial charge is 0.394 e. The predicted molar refractivity (Wildman–Crippen MR) is 53.4 cm³/mol. The number of halogens is 3. The highest BCUT2D eigenvalue weighted by molar-refractivity contribution is 4.79. The number of hydrogen-bond acceptors (Lipinski definition) is 2. The lowest BCUT2D eigenvalue weighted by Gasteiger charge is -2.27. The molecule has 1 aliphatic rings. The second-order valence-corrected chi connectivity index (χ2v) is 4.27. The molecule has 0 aromatic heterocycles. The second-order valence-electron chi connectivity index (χ2n) is 4.27. The zero-order valence-corrected chi connectivity index (χ0v) is 9.06. The Labute approximate surface area is 88.6 Å². The topological polar surface area (TPSA) is 29.3 Å². The van der Waals surface area contributed by atoms with Crippen LogP contribution in [0.15, 0.2) is 0 Å². The molecule has 1 atom stereocenters. The molecule has 1 aliphatic carbocycles. The van der Waals surface area contributed by atoms with Gasteiger partial charge in [-0.15, -0.1) is 0 Å². The van der Waals surface area contributed by atoms with Gasteiger partial charge < -0.3 is 10.6 Å². The van der Waals surface area contributed by atoms with Crippen LogP contribution in [0.1, 0.15) is 19.8 Å². The SMILES string of the molecule is CCN(CC1CC1)CC(CN)C(F)(F)F. The Bertz CT molecular complexity index is 190. The Morgan fingerprint density at radius 2 is 2.00 bits per heavy atom. The van der Waals surface area contributed by atoms with Gasteiger partial charge in [-0.2, -0.15) is 13.2 Å². The zero-order chi connectivity index (χ0) is 11.5. The predicted octanol–water partition coefficient (Wildman–Crippen LogP) is 1.86. The first kappa shape index (κ1) is 12.8. The number of hydrogen-bond donors (Lipinski definition) is 1. The Balaban J connectivity index is 2.39. The van der Waals surface area contributed by atoms with Crippen LogP contribution in [0.5, 0.6) is 0 Å². The van der Waals surface area contributed by atoms with Gasteiger partial charge in [0.05, 0.1) is 5.92 Å². The summed E-state index contributed by atoms with van der Waals surface area (Å²) >= 11 is 0. The van der Waals surface area contributed by atoms with E-state index in [1.165, 1.54) is 0 Å². The Hall–Kier alpha value is -0.290. The maximum Gasteiger partial charge on any atom is 0.394 e. The van der Waals surface area contributed by atoms with Crippen molar-refractivity contribution in [2.45, 2.75) is 25.9 Å². The van der Waals surface area contributed by atoms with E-state index in [9.17, 15) is 13.2 Å². The van der Waals surface area contributed by atoms with Crippen LogP contribution in [0.3, 0.4) is 0 Å². The van der Waals surface area contributed by atoms with Crippen LogP contribution < -0.4 is 5.73 Å². The molecule has 0 bridgehead atoms. The molecule has 0 amide bonds. The van der Waals surface area contributed by atoms with Gasteiger partial charge in [-0.1, -0.05) is 6.92 Å². The summed E-state index contributed by atoms with van der Waals surface area (Å²) in [7, 11) is 0. The molecule has 0 heterocycles. The molecule has 2 N–H and O–H groups in total. The van der Waals surface area contributed by atoms with E-state index in [0.717, 1.165) is 19.4 Å². The lowest BCUT2D eigenvalue weighted by atomic mass is 10.1. The van der Waals surface area contributed by atoms with E-state index in [0.29, 0.717) is 12.5 Å². The van der Waals surface area contributed by atoms with E-state index in [2.05, 4.69) is 0 Å². The summed E-state index contributed by atoms with van der Waals surface area (Å²) in [5, 5.41) is 0. The number of nitrogens with two attached hydrogens (primary N) is 1. The van der Waals surface area contributed by atoms with Gasteiger partial charge in [-0.25, -0.2) is 0 Å². The minimum Gasteiger partial charge on any atom is -0.330 e. The minimum absolute atomic E-state index is 0.0486. The van der Waals surface area contributed by atoms with Crippen LogP contribution in [0.4, 0.5) is 13.2 Å². The summed E-state index contributed by atoms with van der Waals surface area (Å²) < 4.78 is 37.4. The fraction of sp³-hybridized carbons (Fsp3) is 1.00. The molecule has 1 saturated carbocycles. The van der Waals surface area contributed by atoms with Crippen molar-refractivity contribution < 1.29 is 13.2 Å². The van der Waals surface area contributed by atoms with Gasteiger partial charge in [0.2, 0.25) is 0 Å². The Morgan fingerprint density at radius 1 is 1.40 bits per heavy atom. The molecule has 1 unspecified atom stereocenters. The molecule has 0 radical (unpaired) electrons. The van der Waals surface area contributed by atoms with Crippen LogP contribution in [0.25, 0.3) is 0 Å². The van der Waals surface area contributed by atoms with Crippen molar-refractivity contribution in [3.05, 3.63) is 0 Å². The fourth-order valence-electron chi connectivity index (χ4n) is 1.62. The smallest absolute Gasteiger partial charge is 0.330 e. The monoisotopic (exact) mass is 224 g/mol. The molecule has 15 heavy (non-hydrogen) atoms. The van der Waals surface area contributed by atoms with Gasteiger partial charge in [-0.3, -0.25) is 0 Å². The highest BCUT2D eigenvalue weighted by atomic mass is 19.4. The van der Waals surface area contributed by atoms with Crippen molar-refractivity contribution in [3.63, 3.8) is 0 Å². The van der Waals surface area contributed by atoms with Gasteiger partial charge in [0.1, 0.15) is 0 Å². The average Bonchev–Trinajstić information content (AvgIpc) is 2.93. The summed E-state index contributed by atoms with van der Waals surface area (Å²) in [5.74, 6) is -0.757. The standard InChI is InChI=1S/C10H19F3N2/c1-2-15(6-8-3-4-8)7-9(5-14)10(11,12)13/h8-9H,2-7,14H2,1H3. The summed E-state index contributed by atoms with van der Waals surface area (Å²) in [4.78, 5) is 1.86. The van der Waals surface area contributed by atoms with Crippen molar-refractivity contribution in [1.29, 1.82) is 0 Å². The van der Waals surface area contributed by atoms with Gasteiger partial charge in [-0.05, 0) is 25.3 Å². The molecule has 0 saturated heterocycles. The van der Waals surface area contributed by atoms with Gasteiger partial charge in [0.15, 0.2) is 0 Å². The third kappa shape index (κ3) is 4.38. The van der Waals surface area contributed by atoms with E-state index in [4.69, 9.17) is 5.73 Å². The third-order valence-electron chi connectivity index (χ3n) is 2.89. The third-order valence-corrected chi connectivity index (χ3v) is 2.89. The van der Waals surface area contributed by atoms with Crippen molar-refractivity contribution >= 4 is 0 Å². The van der Waals surface area contributed by atoms with Gasteiger partial charge in [0.25, 0.3) is 0 Å². The number of nitrogens with zero attached hydrogens (tertiary/aromatic N) is 1. The van der Waals surface area contributed by atoms with Crippen molar-refractivity contribution in [3.8, 4) is 0 Å². The lowest BCUT2D eigenvalue weighted by molar-refractivity contribution is -0.176. The van der Waals surface area contributed by atoms with E-state index in [1.54, 1.807) is 0 Å². The highest BCUT2D eigenvalue weighted by Gasteiger charge is 2.39. The Kier molecular flexibility index (Phi) is 4.40. The first-order valence-corrected chi connectivity index (χ1v) is 5.46. The van der Waals surface area contributed by atoms with E-state index in [-0.39, 0.29) is 13.1 Å². The first-order chi connectivity index (χ1) is 6.97. The van der Waals surface area contributed by atoms with Gasteiger partial charge >= 0.3 is 6.18 Å². The molecule has 1 rings (SSSR count). The molecule has 0 aliphatic heterocycles. The Morgan fingerprint density at radius 3 is 2.33 bits per heavy atom. The summed E-state index contributed by atoms with van der Waals surface area (Å²) in [6.45, 7) is 3.09. The number of rotatable bonds is 6. The van der Waals surface area contributed by atoms with Gasteiger partial charge in [0, 0.05) is 19.6 Å². The molecule has 90 valence electrons. The molecule has 0 aromatic carbocycles.